The van der Waals surface area contributed by atoms with E-state index in [0.29, 0.717) is 12.0 Å². The molecule has 1 heterocycles. The molecule has 1 N–H and O–H groups in total. The average Bonchev–Trinajstić information content (AvgIpc) is 3.11. The van der Waals surface area contributed by atoms with Gasteiger partial charge in [0, 0.05) is 18.9 Å². The van der Waals surface area contributed by atoms with Crippen LogP contribution in [0.5, 0.6) is 0 Å². The number of carbonyl (C=O) groups is 3. The van der Waals surface area contributed by atoms with Crippen molar-refractivity contribution < 1.29 is 23.9 Å². The van der Waals surface area contributed by atoms with Crippen molar-refractivity contribution in [1.82, 2.24) is 10.2 Å². The number of fused-ring (bicyclic) bond motifs is 1. The maximum absolute atomic E-state index is 12.0. The van der Waals surface area contributed by atoms with Crippen molar-refractivity contribution in [2.45, 2.75) is 64.8 Å². The number of alkyl carbamates (subject to hydrolysis) is 1. The topological polar surface area (TPSA) is 84.7 Å². The van der Waals surface area contributed by atoms with Crippen LogP contribution in [0.1, 0.15) is 41.0 Å². The van der Waals surface area contributed by atoms with Crippen LogP contribution in [0.25, 0.3) is 0 Å². The fourth-order valence-corrected chi connectivity index (χ4v) is 2.90. The predicted octanol–water partition coefficient (Wildman–Crippen LogP) is 1.37. The molecule has 0 saturated carbocycles. The molecular formula is C16H24N2O5. The lowest BCUT2D eigenvalue weighted by molar-refractivity contribution is -0.138. The summed E-state index contributed by atoms with van der Waals surface area (Å²) in [6, 6.07) is -0.651. The monoisotopic (exact) mass is 324 g/mol. The van der Waals surface area contributed by atoms with E-state index < -0.39 is 17.7 Å². The molecule has 7 heteroatoms. The van der Waals surface area contributed by atoms with Gasteiger partial charge in [-0.15, -0.1) is 0 Å². The number of hydrogen-bond acceptors (Lipinski definition) is 5. The molecule has 0 aromatic heterocycles. The Labute approximate surface area is 136 Å². The second-order valence-corrected chi connectivity index (χ2v) is 6.78. The van der Waals surface area contributed by atoms with Gasteiger partial charge in [0.15, 0.2) is 0 Å². The first kappa shape index (κ1) is 17.3. The first-order chi connectivity index (χ1) is 10.6. The fraction of sp³-hybridized carbons (Fsp3) is 0.688. The molecule has 2 aliphatic rings. The molecule has 2 rings (SSSR count). The number of rotatable bonds is 3. The molecular weight excluding hydrogens is 300 g/mol. The Balaban J connectivity index is 2.10. The Hall–Kier alpha value is -2.05. The summed E-state index contributed by atoms with van der Waals surface area (Å²) in [5.74, 6) is -0.491. The summed E-state index contributed by atoms with van der Waals surface area (Å²) in [4.78, 5) is 37.3. The third-order valence-corrected chi connectivity index (χ3v) is 3.73. The zero-order valence-electron chi connectivity index (χ0n) is 14.2. The van der Waals surface area contributed by atoms with Crippen LogP contribution in [0.4, 0.5) is 4.79 Å². The van der Waals surface area contributed by atoms with E-state index in [2.05, 4.69) is 5.32 Å². The normalized spacial score (nSPS) is 25.9. The van der Waals surface area contributed by atoms with E-state index in [1.165, 1.54) is 6.92 Å². The zero-order valence-corrected chi connectivity index (χ0v) is 14.2. The first-order valence-corrected chi connectivity index (χ1v) is 7.80. The molecule has 0 aromatic rings. The van der Waals surface area contributed by atoms with E-state index in [0.717, 1.165) is 0 Å². The standard InChI is InChI=1S/C16H24N2O5/c1-6-22-14(20)10-7-11(17-15(21)23-16(3,4)5)13-12(8-10)18(13)9(2)19/h8,11-13H,6-7H2,1-5H3,(H,17,21)/t11-,12-,13+,18?/m1/s1. The molecule has 0 bridgehead atoms. The van der Waals surface area contributed by atoms with Crippen LogP contribution in [0.15, 0.2) is 11.6 Å². The quantitative estimate of drug-likeness (QED) is 0.626. The minimum atomic E-state index is -0.609. The molecule has 2 amide bonds. The lowest BCUT2D eigenvalue weighted by Gasteiger charge is -2.25. The third-order valence-electron chi connectivity index (χ3n) is 3.73. The van der Waals surface area contributed by atoms with E-state index >= 15 is 0 Å². The smallest absolute Gasteiger partial charge is 0.407 e. The van der Waals surface area contributed by atoms with Crippen LogP contribution < -0.4 is 5.32 Å². The lowest BCUT2D eigenvalue weighted by atomic mass is 9.95. The number of nitrogens with zero attached hydrogens (tertiary/aromatic N) is 1. The van der Waals surface area contributed by atoms with Crippen molar-refractivity contribution in [2.75, 3.05) is 6.61 Å². The van der Waals surface area contributed by atoms with Gasteiger partial charge in [-0.2, -0.15) is 0 Å². The number of hydrogen-bond donors (Lipinski definition) is 1. The van der Waals surface area contributed by atoms with E-state index in [4.69, 9.17) is 9.47 Å². The maximum atomic E-state index is 12.0. The summed E-state index contributed by atoms with van der Waals surface area (Å²) < 4.78 is 10.3. The molecule has 1 saturated heterocycles. The Morgan fingerprint density at radius 2 is 2.00 bits per heavy atom. The van der Waals surface area contributed by atoms with E-state index in [9.17, 15) is 14.4 Å². The summed E-state index contributed by atoms with van der Waals surface area (Å²) in [7, 11) is 0. The van der Waals surface area contributed by atoms with Gasteiger partial charge >= 0.3 is 12.1 Å². The summed E-state index contributed by atoms with van der Waals surface area (Å²) in [6.45, 7) is 8.82. The highest BCUT2D eigenvalue weighted by molar-refractivity contribution is 5.90. The summed E-state index contributed by atoms with van der Waals surface area (Å²) in [5, 5.41) is 2.78. The molecule has 23 heavy (non-hydrogen) atoms. The van der Waals surface area contributed by atoms with Gasteiger partial charge in [-0.3, -0.25) is 4.79 Å². The van der Waals surface area contributed by atoms with Gasteiger partial charge in [-0.25, -0.2) is 9.59 Å². The molecule has 1 fully saturated rings. The highest BCUT2D eigenvalue weighted by atomic mass is 16.6. The van der Waals surface area contributed by atoms with Gasteiger partial charge < -0.3 is 19.7 Å². The van der Waals surface area contributed by atoms with Gasteiger partial charge in [0.25, 0.3) is 0 Å². The molecule has 0 aromatic carbocycles. The first-order valence-electron chi connectivity index (χ1n) is 7.80. The van der Waals surface area contributed by atoms with Crippen molar-refractivity contribution in [3.63, 3.8) is 0 Å². The van der Waals surface area contributed by atoms with Gasteiger partial charge in [-0.05, 0) is 33.8 Å². The number of amides is 2. The maximum Gasteiger partial charge on any atom is 0.407 e. The Morgan fingerprint density at radius 3 is 2.52 bits per heavy atom. The van der Waals surface area contributed by atoms with Crippen LogP contribution in [-0.2, 0) is 19.1 Å². The van der Waals surface area contributed by atoms with Crippen molar-refractivity contribution in [2.24, 2.45) is 0 Å². The second kappa shape index (κ2) is 6.22. The van der Waals surface area contributed by atoms with Crippen molar-refractivity contribution >= 4 is 18.0 Å². The van der Waals surface area contributed by atoms with Crippen LogP contribution in [0.2, 0.25) is 0 Å². The third kappa shape index (κ3) is 4.03. The number of nitrogens with one attached hydrogen (secondary N) is 1. The van der Waals surface area contributed by atoms with Crippen LogP contribution >= 0.6 is 0 Å². The minimum Gasteiger partial charge on any atom is -0.463 e. The van der Waals surface area contributed by atoms with Crippen molar-refractivity contribution in [3.05, 3.63) is 11.6 Å². The van der Waals surface area contributed by atoms with Crippen LogP contribution in [-0.4, -0.2) is 53.2 Å². The summed E-state index contributed by atoms with van der Waals surface area (Å²) in [5.41, 5.74) is -0.125. The molecule has 0 spiro atoms. The summed E-state index contributed by atoms with van der Waals surface area (Å²) in [6.07, 6.45) is 1.53. The molecule has 128 valence electrons. The van der Waals surface area contributed by atoms with E-state index in [1.54, 1.807) is 38.7 Å². The Kier molecular flexibility index (Phi) is 4.68. The van der Waals surface area contributed by atoms with Gasteiger partial charge in [-0.1, -0.05) is 0 Å². The van der Waals surface area contributed by atoms with Gasteiger partial charge in [0.05, 0.1) is 24.7 Å². The highest BCUT2D eigenvalue weighted by Crippen LogP contribution is 2.39. The Morgan fingerprint density at radius 1 is 1.35 bits per heavy atom. The minimum absolute atomic E-state index is 0.0858. The highest BCUT2D eigenvalue weighted by Gasteiger charge is 2.56. The fourth-order valence-electron chi connectivity index (χ4n) is 2.90. The van der Waals surface area contributed by atoms with E-state index in [-0.39, 0.29) is 30.6 Å². The second-order valence-electron chi connectivity index (χ2n) is 6.78. The zero-order chi connectivity index (χ0) is 17.4. The molecule has 1 aliphatic heterocycles. The van der Waals surface area contributed by atoms with E-state index in [1.807, 2.05) is 0 Å². The van der Waals surface area contributed by atoms with Crippen LogP contribution in [0.3, 0.4) is 0 Å². The Bertz CT molecular complexity index is 549. The number of esters is 1. The molecule has 0 unspecified atom stereocenters. The van der Waals surface area contributed by atoms with Crippen LogP contribution in [0, 0.1) is 0 Å². The average molecular weight is 324 g/mol. The summed E-state index contributed by atoms with van der Waals surface area (Å²) >= 11 is 0. The number of ether oxygens (including phenoxy) is 2. The molecule has 1 aliphatic carbocycles. The van der Waals surface area contributed by atoms with Gasteiger partial charge in [0.2, 0.25) is 5.91 Å². The van der Waals surface area contributed by atoms with Gasteiger partial charge in [0.1, 0.15) is 5.60 Å². The molecule has 0 radical (unpaired) electrons. The molecule has 3 atom stereocenters. The lowest BCUT2D eigenvalue weighted by Crippen LogP contribution is -2.45. The van der Waals surface area contributed by atoms with Crippen molar-refractivity contribution in [1.29, 1.82) is 0 Å². The largest absolute Gasteiger partial charge is 0.463 e. The molecule has 7 nitrogen and oxygen atoms in total. The SMILES string of the molecule is CCOC(=O)C1=C[C@@H]2[C@H]([C@H](NC(=O)OC(C)(C)C)C1)N2C(C)=O. The predicted molar refractivity (Wildman–Crippen MR) is 82.6 cm³/mol. The number of carbonyl (C=O) groups excluding carboxylic acids is 3. The van der Waals surface area contributed by atoms with Crippen molar-refractivity contribution in [3.8, 4) is 0 Å².